The summed E-state index contributed by atoms with van der Waals surface area (Å²) < 4.78 is 38.0. The van der Waals surface area contributed by atoms with Crippen LogP contribution in [0.15, 0.2) is 41.3 Å². The number of nitrogens with zero attached hydrogens (tertiary/aromatic N) is 1. The molecule has 0 atom stereocenters. The summed E-state index contributed by atoms with van der Waals surface area (Å²) in [6, 6.07) is 10.6. The number of ether oxygens (including phenoxy) is 2. The first-order valence-corrected chi connectivity index (χ1v) is 10.9. The highest BCUT2D eigenvalue weighted by Gasteiger charge is 2.29. The Morgan fingerprint density at radius 1 is 1.14 bits per heavy atom. The monoisotopic (exact) mass is 418 g/mol. The Balaban J connectivity index is 1.81. The summed E-state index contributed by atoms with van der Waals surface area (Å²) in [6.45, 7) is 5.24. The molecule has 8 heteroatoms. The number of amides is 1. The zero-order valence-corrected chi connectivity index (χ0v) is 17.7. The molecule has 29 heavy (non-hydrogen) atoms. The number of methoxy groups -OCH3 is 1. The van der Waals surface area contributed by atoms with Gasteiger partial charge in [0.05, 0.1) is 26.7 Å². The van der Waals surface area contributed by atoms with Crippen LogP contribution in [0.3, 0.4) is 0 Å². The van der Waals surface area contributed by atoms with Gasteiger partial charge in [0, 0.05) is 18.8 Å². The fourth-order valence-electron chi connectivity index (χ4n) is 3.29. The molecule has 0 aliphatic carbocycles. The molecule has 0 unspecified atom stereocenters. The maximum Gasteiger partial charge on any atom is 0.246 e. The molecule has 0 spiro atoms. The van der Waals surface area contributed by atoms with Gasteiger partial charge in [-0.1, -0.05) is 23.8 Å². The zero-order chi connectivity index (χ0) is 21.0. The number of carbonyl (C=O) groups excluding carboxylic acids is 1. The lowest BCUT2D eigenvalue weighted by Gasteiger charge is -2.26. The molecule has 0 bridgehead atoms. The van der Waals surface area contributed by atoms with E-state index < -0.39 is 10.0 Å². The molecule has 7 nitrogen and oxygen atoms in total. The second-order valence-corrected chi connectivity index (χ2v) is 8.95. The number of rotatable bonds is 6. The summed E-state index contributed by atoms with van der Waals surface area (Å²) in [5.41, 5.74) is 3.44. The number of hydrogen-bond acceptors (Lipinski definition) is 5. The first kappa shape index (κ1) is 21.3. The third-order valence-electron chi connectivity index (χ3n) is 4.84. The van der Waals surface area contributed by atoms with Gasteiger partial charge < -0.3 is 14.8 Å². The molecular formula is C21H26N2O5S. The number of aryl methyl sites for hydroxylation is 2. The van der Waals surface area contributed by atoms with Crippen molar-refractivity contribution >= 4 is 21.6 Å². The summed E-state index contributed by atoms with van der Waals surface area (Å²) in [6.07, 6.45) is 0.0585. The van der Waals surface area contributed by atoms with E-state index in [1.54, 1.807) is 12.1 Å². The normalized spacial score (nSPS) is 15.1. The minimum absolute atomic E-state index is 0.0585. The minimum atomic E-state index is -3.74. The van der Waals surface area contributed by atoms with Gasteiger partial charge in [-0.3, -0.25) is 4.79 Å². The molecule has 2 aromatic rings. The Morgan fingerprint density at radius 3 is 2.52 bits per heavy atom. The van der Waals surface area contributed by atoms with E-state index in [9.17, 15) is 13.2 Å². The van der Waals surface area contributed by atoms with Crippen LogP contribution in [0, 0.1) is 13.8 Å². The molecule has 1 amide bonds. The van der Waals surface area contributed by atoms with E-state index in [4.69, 9.17) is 9.47 Å². The van der Waals surface area contributed by atoms with Crippen LogP contribution in [-0.4, -0.2) is 52.0 Å². The molecule has 3 rings (SSSR count). The molecular weight excluding hydrogens is 392 g/mol. The smallest absolute Gasteiger partial charge is 0.246 e. The van der Waals surface area contributed by atoms with Gasteiger partial charge >= 0.3 is 0 Å². The third-order valence-corrected chi connectivity index (χ3v) is 6.76. The number of nitrogens with one attached hydrogen (secondary N) is 1. The highest BCUT2D eigenvalue weighted by atomic mass is 32.2. The standard InChI is InChI=1S/C21H26N2O5S/c1-15-4-6-18(16(2)12-15)22-21(24)14-17-5-7-19(27-3)20(13-17)29(25,26)23-8-10-28-11-9-23/h4-7,12-13H,8-11,14H2,1-3H3,(H,22,24). The van der Waals surface area contributed by atoms with E-state index in [-0.39, 0.29) is 23.0 Å². The summed E-state index contributed by atoms with van der Waals surface area (Å²) in [7, 11) is -2.31. The van der Waals surface area contributed by atoms with Crippen molar-refractivity contribution in [3.05, 3.63) is 53.1 Å². The lowest BCUT2D eigenvalue weighted by molar-refractivity contribution is -0.115. The Kier molecular flexibility index (Phi) is 6.56. The lowest BCUT2D eigenvalue weighted by atomic mass is 10.1. The van der Waals surface area contributed by atoms with E-state index in [0.29, 0.717) is 31.9 Å². The average molecular weight is 419 g/mol. The maximum absolute atomic E-state index is 13.1. The average Bonchev–Trinajstić information content (AvgIpc) is 2.70. The molecule has 0 radical (unpaired) electrons. The predicted octanol–water partition coefficient (Wildman–Crippen LogP) is 2.51. The van der Waals surface area contributed by atoms with Crippen LogP contribution in [-0.2, 0) is 26.0 Å². The highest BCUT2D eigenvalue weighted by molar-refractivity contribution is 7.89. The molecule has 1 N–H and O–H groups in total. The van der Waals surface area contributed by atoms with Crippen molar-refractivity contribution in [2.75, 3.05) is 38.7 Å². The third kappa shape index (κ3) is 4.95. The fraction of sp³-hybridized carbons (Fsp3) is 0.381. The van der Waals surface area contributed by atoms with Gasteiger partial charge in [0.25, 0.3) is 0 Å². The number of anilines is 1. The van der Waals surface area contributed by atoms with Crippen molar-refractivity contribution in [2.24, 2.45) is 0 Å². The Hall–Kier alpha value is -2.42. The molecule has 0 aromatic heterocycles. The zero-order valence-electron chi connectivity index (χ0n) is 16.9. The molecule has 1 saturated heterocycles. The van der Waals surface area contributed by atoms with Crippen LogP contribution in [0.2, 0.25) is 0 Å². The molecule has 2 aromatic carbocycles. The molecule has 1 fully saturated rings. The van der Waals surface area contributed by atoms with Crippen LogP contribution >= 0.6 is 0 Å². The van der Waals surface area contributed by atoms with Crippen LogP contribution < -0.4 is 10.1 Å². The largest absolute Gasteiger partial charge is 0.495 e. The first-order chi connectivity index (χ1) is 13.8. The summed E-state index contributed by atoms with van der Waals surface area (Å²) >= 11 is 0. The Labute approximate surface area is 171 Å². The number of sulfonamides is 1. The summed E-state index contributed by atoms with van der Waals surface area (Å²) in [5.74, 6) is 0.0480. The van der Waals surface area contributed by atoms with Crippen molar-refractivity contribution in [2.45, 2.75) is 25.2 Å². The fourth-order valence-corrected chi connectivity index (χ4v) is 4.91. The van der Waals surface area contributed by atoms with Crippen LogP contribution in [0.25, 0.3) is 0 Å². The van der Waals surface area contributed by atoms with Crippen LogP contribution in [0.4, 0.5) is 5.69 Å². The van der Waals surface area contributed by atoms with Crippen molar-refractivity contribution in [1.82, 2.24) is 4.31 Å². The summed E-state index contributed by atoms with van der Waals surface area (Å²) in [4.78, 5) is 12.6. The minimum Gasteiger partial charge on any atom is -0.495 e. The Morgan fingerprint density at radius 2 is 1.86 bits per heavy atom. The van der Waals surface area contributed by atoms with E-state index in [1.807, 2.05) is 32.0 Å². The summed E-state index contributed by atoms with van der Waals surface area (Å²) in [5, 5.41) is 2.89. The van der Waals surface area contributed by atoms with E-state index in [0.717, 1.165) is 16.8 Å². The van der Waals surface area contributed by atoms with Crippen LogP contribution in [0.5, 0.6) is 5.75 Å². The maximum atomic E-state index is 13.1. The van der Waals surface area contributed by atoms with Gasteiger partial charge in [0.2, 0.25) is 15.9 Å². The topological polar surface area (TPSA) is 84.9 Å². The van der Waals surface area contributed by atoms with E-state index in [1.165, 1.54) is 17.5 Å². The van der Waals surface area contributed by atoms with Crippen molar-refractivity contribution in [1.29, 1.82) is 0 Å². The van der Waals surface area contributed by atoms with E-state index >= 15 is 0 Å². The second-order valence-electron chi connectivity index (χ2n) is 7.04. The van der Waals surface area contributed by atoms with Gasteiger partial charge in [-0.25, -0.2) is 8.42 Å². The van der Waals surface area contributed by atoms with Gasteiger partial charge in [-0.2, -0.15) is 4.31 Å². The number of carbonyl (C=O) groups is 1. The predicted molar refractivity (Wildman–Crippen MR) is 111 cm³/mol. The van der Waals surface area contributed by atoms with Gasteiger partial charge in [-0.05, 0) is 43.2 Å². The Bertz CT molecular complexity index is 998. The van der Waals surface area contributed by atoms with Gasteiger partial charge in [0.15, 0.2) is 0 Å². The van der Waals surface area contributed by atoms with Crippen LogP contribution in [0.1, 0.15) is 16.7 Å². The van der Waals surface area contributed by atoms with Gasteiger partial charge in [0.1, 0.15) is 10.6 Å². The number of hydrogen-bond donors (Lipinski definition) is 1. The number of morpholine rings is 1. The molecule has 156 valence electrons. The first-order valence-electron chi connectivity index (χ1n) is 9.43. The quantitative estimate of drug-likeness (QED) is 0.779. The lowest BCUT2D eigenvalue weighted by Crippen LogP contribution is -2.40. The van der Waals surface area contributed by atoms with E-state index in [2.05, 4.69) is 5.32 Å². The van der Waals surface area contributed by atoms with Gasteiger partial charge in [-0.15, -0.1) is 0 Å². The highest BCUT2D eigenvalue weighted by Crippen LogP contribution is 2.29. The SMILES string of the molecule is COc1ccc(CC(=O)Nc2ccc(C)cc2C)cc1S(=O)(=O)N1CCOCC1. The molecule has 1 heterocycles. The van der Waals surface area contributed by atoms with Crippen molar-refractivity contribution in [3.63, 3.8) is 0 Å². The molecule has 0 saturated carbocycles. The molecule has 1 aliphatic rings. The number of benzene rings is 2. The second kappa shape index (κ2) is 8.94. The molecule has 1 aliphatic heterocycles. The van der Waals surface area contributed by atoms with Crippen molar-refractivity contribution in [3.8, 4) is 5.75 Å². The van der Waals surface area contributed by atoms with Crippen molar-refractivity contribution < 1.29 is 22.7 Å².